The maximum absolute atomic E-state index is 13.4. The number of ether oxygens (including phenoxy) is 3. The molecule has 178 valence electrons. The van der Waals surface area contributed by atoms with Gasteiger partial charge in [0.05, 0.1) is 33.6 Å². The largest absolute Gasteiger partial charge is 0.464 e. The first kappa shape index (κ1) is 25.0. The van der Waals surface area contributed by atoms with Gasteiger partial charge in [-0.05, 0) is 26.7 Å². The van der Waals surface area contributed by atoms with Crippen molar-refractivity contribution in [3.63, 3.8) is 0 Å². The number of carbonyl (C=O) groups excluding carboxylic acids is 4. The molecule has 3 amide bonds. The van der Waals surface area contributed by atoms with Gasteiger partial charge in [0.25, 0.3) is 0 Å². The Morgan fingerprint density at radius 2 is 1.84 bits per heavy atom. The van der Waals surface area contributed by atoms with E-state index in [2.05, 4.69) is 24.8 Å². The van der Waals surface area contributed by atoms with Crippen molar-refractivity contribution < 1.29 is 33.4 Å². The van der Waals surface area contributed by atoms with Crippen LogP contribution in [0.5, 0.6) is 0 Å². The Bertz CT molecular complexity index is 861. The number of aromatic nitrogens is 2. The van der Waals surface area contributed by atoms with Gasteiger partial charge in [-0.15, -0.1) is 0 Å². The normalized spacial score (nSPS) is 17.2. The fourth-order valence-electron chi connectivity index (χ4n) is 3.16. The highest BCUT2D eigenvalue weighted by atomic mass is 16.6. The SMILES string of the molecule is COC(=O)N[C@H](C(=O)N1CN(C(=O)OC(C)(C)C)C[C@H]1c1ncc(C(=O)OC)[nH]1)C(C)C. The third-order valence-electron chi connectivity index (χ3n) is 4.74. The third kappa shape index (κ3) is 5.89. The van der Waals surface area contributed by atoms with Gasteiger partial charge >= 0.3 is 18.2 Å². The van der Waals surface area contributed by atoms with E-state index < -0.39 is 41.7 Å². The lowest BCUT2D eigenvalue weighted by atomic mass is 10.0. The molecule has 1 fully saturated rings. The van der Waals surface area contributed by atoms with Crippen LogP contribution in [0.2, 0.25) is 0 Å². The summed E-state index contributed by atoms with van der Waals surface area (Å²) in [5.41, 5.74) is -0.613. The summed E-state index contributed by atoms with van der Waals surface area (Å²) in [5.74, 6) is -1.01. The van der Waals surface area contributed by atoms with Crippen LogP contribution in [-0.2, 0) is 19.0 Å². The summed E-state index contributed by atoms with van der Waals surface area (Å²) in [6.45, 7) is 8.77. The predicted molar refractivity (Wildman–Crippen MR) is 111 cm³/mol. The molecule has 12 heteroatoms. The number of alkyl carbamates (subject to hydrolysis) is 1. The summed E-state index contributed by atoms with van der Waals surface area (Å²) < 4.78 is 14.8. The molecule has 0 saturated carbocycles. The average molecular weight is 453 g/mol. The predicted octanol–water partition coefficient (Wildman–Crippen LogP) is 1.65. The molecule has 1 aliphatic heterocycles. The van der Waals surface area contributed by atoms with Crippen LogP contribution < -0.4 is 5.32 Å². The zero-order valence-corrected chi connectivity index (χ0v) is 19.4. The number of methoxy groups -OCH3 is 2. The highest BCUT2D eigenvalue weighted by Crippen LogP contribution is 2.29. The van der Waals surface area contributed by atoms with Gasteiger partial charge in [-0.2, -0.15) is 0 Å². The Morgan fingerprint density at radius 1 is 1.19 bits per heavy atom. The minimum absolute atomic E-state index is 0.0812. The van der Waals surface area contributed by atoms with Crippen molar-refractivity contribution in [3.8, 4) is 0 Å². The van der Waals surface area contributed by atoms with Gasteiger partial charge in [0, 0.05) is 0 Å². The fourth-order valence-corrected chi connectivity index (χ4v) is 3.16. The molecular weight excluding hydrogens is 422 g/mol. The second-order valence-electron chi connectivity index (χ2n) is 8.70. The highest BCUT2D eigenvalue weighted by Gasteiger charge is 2.43. The van der Waals surface area contributed by atoms with Gasteiger partial charge in [-0.25, -0.2) is 19.4 Å². The first-order valence-electron chi connectivity index (χ1n) is 10.1. The van der Waals surface area contributed by atoms with E-state index in [9.17, 15) is 19.2 Å². The van der Waals surface area contributed by atoms with Crippen LogP contribution >= 0.6 is 0 Å². The van der Waals surface area contributed by atoms with Crippen LogP contribution in [-0.4, -0.2) is 82.9 Å². The molecule has 32 heavy (non-hydrogen) atoms. The topological polar surface area (TPSA) is 143 Å². The molecule has 2 atom stereocenters. The summed E-state index contributed by atoms with van der Waals surface area (Å²) >= 11 is 0. The van der Waals surface area contributed by atoms with Crippen molar-refractivity contribution in [1.29, 1.82) is 0 Å². The molecule has 0 aromatic carbocycles. The Labute approximate surface area is 186 Å². The van der Waals surface area contributed by atoms with Crippen LogP contribution in [0, 0.1) is 5.92 Å². The lowest BCUT2D eigenvalue weighted by molar-refractivity contribution is -0.135. The molecular formula is C20H31N5O7. The van der Waals surface area contributed by atoms with Crippen molar-refractivity contribution >= 4 is 24.1 Å². The van der Waals surface area contributed by atoms with E-state index in [1.54, 1.807) is 34.6 Å². The zero-order chi connectivity index (χ0) is 24.2. The number of imidazole rings is 1. The van der Waals surface area contributed by atoms with E-state index in [-0.39, 0.29) is 24.8 Å². The van der Waals surface area contributed by atoms with Crippen LogP contribution in [0.25, 0.3) is 0 Å². The van der Waals surface area contributed by atoms with Gasteiger partial charge in [-0.1, -0.05) is 13.8 Å². The molecule has 1 saturated heterocycles. The number of nitrogens with zero attached hydrogens (tertiary/aromatic N) is 3. The van der Waals surface area contributed by atoms with Gasteiger partial charge in [-0.3, -0.25) is 9.69 Å². The molecule has 1 aliphatic rings. The number of amides is 3. The molecule has 12 nitrogen and oxygen atoms in total. The maximum atomic E-state index is 13.4. The number of hydrogen-bond donors (Lipinski definition) is 2. The monoisotopic (exact) mass is 453 g/mol. The molecule has 0 bridgehead atoms. The number of H-pyrrole nitrogens is 1. The number of rotatable bonds is 5. The molecule has 2 N–H and O–H groups in total. The number of nitrogens with one attached hydrogen (secondary N) is 2. The van der Waals surface area contributed by atoms with E-state index in [1.807, 2.05) is 0 Å². The number of aromatic amines is 1. The van der Waals surface area contributed by atoms with Crippen LogP contribution in [0.15, 0.2) is 6.20 Å². The smallest absolute Gasteiger partial charge is 0.411 e. The van der Waals surface area contributed by atoms with Crippen molar-refractivity contribution in [2.45, 2.75) is 52.3 Å². The molecule has 1 aromatic heterocycles. The Morgan fingerprint density at radius 3 is 2.38 bits per heavy atom. The minimum Gasteiger partial charge on any atom is -0.464 e. The quantitative estimate of drug-likeness (QED) is 0.506. The third-order valence-corrected chi connectivity index (χ3v) is 4.74. The summed E-state index contributed by atoms with van der Waals surface area (Å²) in [5, 5.41) is 2.54. The maximum Gasteiger partial charge on any atom is 0.411 e. The number of carbonyl (C=O) groups is 4. The number of esters is 1. The summed E-state index contributed by atoms with van der Waals surface area (Å²) in [6.07, 6.45) is -0.0469. The van der Waals surface area contributed by atoms with Gasteiger partial charge in [0.2, 0.25) is 5.91 Å². The van der Waals surface area contributed by atoms with E-state index >= 15 is 0 Å². The lowest BCUT2D eigenvalue weighted by Crippen LogP contribution is -2.51. The average Bonchev–Trinajstić information content (AvgIpc) is 3.36. The number of hydrogen-bond acceptors (Lipinski definition) is 8. The van der Waals surface area contributed by atoms with Crippen LogP contribution in [0.3, 0.4) is 0 Å². The van der Waals surface area contributed by atoms with E-state index in [1.165, 1.54) is 30.2 Å². The summed E-state index contributed by atoms with van der Waals surface area (Å²) in [4.78, 5) is 59.5. The van der Waals surface area contributed by atoms with E-state index in [0.717, 1.165) is 0 Å². The highest BCUT2D eigenvalue weighted by molar-refractivity contribution is 5.88. The molecule has 2 rings (SSSR count). The molecule has 2 heterocycles. The Balaban J connectivity index is 2.36. The zero-order valence-electron chi connectivity index (χ0n) is 19.4. The lowest BCUT2D eigenvalue weighted by Gasteiger charge is -2.29. The molecule has 0 radical (unpaired) electrons. The molecule has 0 unspecified atom stereocenters. The minimum atomic E-state index is -0.904. The second kappa shape index (κ2) is 9.88. The molecule has 1 aromatic rings. The molecule has 0 spiro atoms. The fraction of sp³-hybridized carbons (Fsp3) is 0.650. The van der Waals surface area contributed by atoms with Crippen molar-refractivity contribution in [1.82, 2.24) is 25.1 Å². The van der Waals surface area contributed by atoms with Gasteiger partial charge < -0.3 is 29.4 Å². The van der Waals surface area contributed by atoms with Crippen molar-refractivity contribution in [2.75, 3.05) is 27.4 Å². The Kier molecular flexibility index (Phi) is 7.70. The Hall–Kier alpha value is -3.31. The molecule has 0 aliphatic carbocycles. The summed E-state index contributed by atoms with van der Waals surface area (Å²) in [6, 6.07) is -1.60. The van der Waals surface area contributed by atoms with Crippen LogP contribution in [0.4, 0.5) is 9.59 Å². The van der Waals surface area contributed by atoms with Gasteiger partial charge in [0.1, 0.15) is 29.2 Å². The van der Waals surface area contributed by atoms with E-state index in [4.69, 9.17) is 4.74 Å². The first-order chi connectivity index (χ1) is 14.9. The standard InChI is InChI=1S/C20H31N5O7/c1-11(2)14(23-18(28)31-7)16(26)25-10-24(19(29)32-20(3,4)5)9-13(25)15-21-8-12(22-15)17(27)30-6/h8,11,13-14H,9-10H2,1-7H3,(H,21,22)(H,23,28)/t13-,14-/m0/s1. The first-order valence-corrected chi connectivity index (χ1v) is 10.1. The van der Waals surface area contributed by atoms with Crippen molar-refractivity contribution in [3.05, 3.63) is 17.7 Å². The summed E-state index contributed by atoms with van der Waals surface area (Å²) in [7, 11) is 2.45. The van der Waals surface area contributed by atoms with Gasteiger partial charge in [0.15, 0.2) is 0 Å². The van der Waals surface area contributed by atoms with E-state index in [0.29, 0.717) is 5.82 Å². The second-order valence-corrected chi connectivity index (χ2v) is 8.70. The van der Waals surface area contributed by atoms with Crippen LogP contribution in [0.1, 0.15) is 57.0 Å². The van der Waals surface area contributed by atoms with Crippen molar-refractivity contribution in [2.24, 2.45) is 5.92 Å².